The first-order chi connectivity index (χ1) is 8.86. The fourth-order valence-electron chi connectivity index (χ4n) is 1.95. The second-order valence-electron chi connectivity index (χ2n) is 3.94. The molecule has 0 fully saturated rings. The Morgan fingerprint density at radius 3 is 2.33 bits per heavy atom. The van der Waals surface area contributed by atoms with Crippen LogP contribution < -0.4 is 0 Å². The van der Waals surface area contributed by atoms with Gasteiger partial charge in [0.05, 0.1) is 17.6 Å². The molecule has 0 saturated heterocycles. The van der Waals surface area contributed by atoms with Crippen molar-refractivity contribution in [3.05, 3.63) is 71.9 Å². The molecule has 0 aliphatic carbocycles. The van der Waals surface area contributed by atoms with Crippen molar-refractivity contribution >= 4 is 11.6 Å². The molecule has 18 heavy (non-hydrogen) atoms. The number of halogens is 1. The number of benzene rings is 2. The number of hydrogen-bond donors (Lipinski definition) is 0. The Morgan fingerprint density at radius 1 is 0.833 bits per heavy atom. The topological polar surface area (TPSA) is 17.8 Å². The Bertz CT molecular complexity index is 659. The van der Waals surface area contributed by atoms with Crippen molar-refractivity contribution in [2.45, 2.75) is 0 Å². The first-order valence-electron chi connectivity index (χ1n) is 5.70. The molecule has 1 aromatic heterocycles. The largest absolute Gasteiger partial charge is 0.233 e. The number of para-hydroxylation sites is 1. The maximum atomic E-state index is 6.23. The lowest BCUT2D eigenvalue weighted by molar-refractivity contribution is 0.888. The highest BCUT2D eigenvalue weighted by Gasteiger charge is 2.09. The molecule has 0 unspecified atom stereocenters. The van der Waals surface area contributed by atoms with Gasteiger partial charge in [0.1, 0.15) is 0 Å². The molecule has 2 nitrogen and oxygen atoms in total. The van der Waals surface area contributed by atoms with E-state index in [4.69, 9.17) is 11.6 Å². The first kappa shape index (κ1) is 11.1. The van der Waals surface area contributed by atoms with E-state index in [0.717, 1.165) is 22.0 Å². The number of aromatic nitrogens is 2. The molecule has 0 spiro atoms. The molecule has 0 saturated carbocycles. The van der Waals surface area contributed by atoms with Gasteiger partial charge >= 0.3 is 0 Å². The van der Waals surface area contributed by atoms with E-state index in [2.05, 4.69) is 5.10 Å². The predicted molar refractivity (Wildman–Crippen MR) is 74.0 cm³/mol. The molecular formula is C15H11ClN2. The van der Waals surface area contributed by atoms with Crippen LogP contribution in [0, 0.1) is 0 Å². The summed E-state index contributed by atoms with van der Waals surface area (Å²) in [5.41, 5.74) is 3.00. The molecule has 0 atom stereocenters. The monoisotopic (exact) mass is 254 g/mol. The van der Waals surface area contributed by atoms with Crippen molar-refractivity contribution in [2.75, 3.05) is 0 Å². The number of nitrogens with zero attached hydrogens (tertiary/aromatic N) is 2. The van der Waals surface area contributed by atoms with Crippen molar-refractivity contribution in [2.24, 2.45) is 0 Å². The molecule has 3 rings (SSSR count). The average Bonchev–Trinajstić information content (AvgIpc) is 2.89. The van der Waals surface area contributed by atoms with Gasteiger partial charge in [0.15, 0.2) is 0 Å². The van der Waals surface area contributed by atoms with Gasteiger partial charge in [-0.25, -0.2) is 4.68 Å². The first-order valence-corrected chi connectivity index (χ1v) is 6.08. The third kappa shape index (κ3) is 1.91. The molecule has 0 aliphatic rings. The fourth-order valence-corrected chi connectivity index (χ4v) is 2.18. The van der Waals surface area contributed by atoms with Crippen LogP contribution in [0.2, 0.25) is 5.02 Å². The van der Waals surface area contributed by atoms with Crippen LogP contribution in [0.4, 0.5) is 0 Å². The highest BCUT2D eigenvalue weighted by molar-refractivity contribution is 6.33. The summed E-state index contributed by atoms with van der Waals surface area (Å²) in [6.45, 7) is 0. The van der Waals surface area contributed by atoms with E-state index in [1.54, 1.807) is 6.20 Å². The summed E-state index contributed by atoms with van der Waals surface area (Å²) in [5.74, 6) is 0. The van der Waals surface area contributed by atoms with Crippen molar-refractivity contribution in [1.82, 2.24) is 9.78 Å². The molecule has 0 radical (unpaired) electrons. The van der Waals surface area contributed by atoms with Gasteiger partial charge in [-0.15, -0.1) is 0 Å². The van der Waals surface area contributed by atoms with Crippen LogP contribution in [0.15, 0.2) is 66.9 Å². The third-order valence-corrected chi connectivity index (χ3v) is 3.12. The Labute approximate surface area is 110 Å². The van der Waals surface area contributed by atoms with Crippen LogP contribution in [-0.2, 0) is 0 Å². The van der Waals surface area contributed by atoms with Crippen LogP contribution in [0.25, 0.3) is 16.9 Å². The molecule has 0 N–H and O–H groups in total. The molecule has 3 heteroatoms. The minimum absolute atomic E-state index is 0.732. The predicted octanol–water partition coefficient (Wildman–Crippen LogP) is 4.19. The van der Waals surface area contributed by atoms with Gasteiger partial charge < -0.3 is 0 Å². The normalized spacial score (nSPS) is 10.5. The van der Waals surface area contributed by atoms with Crippen LogP contribution in [0.5, 0.6) is 0 Å². The van der Waals surface area contributed by atoms with Gasteiger partial charge in [-0.05, 0) is 24.3 Å². The van der Waals surface area contributed by atoms with Crippen molar-refractivity contribution in [1.29, 1.82) is 0 Å². The molecule has 2 aromatic carbocycles. The smallest absolute Gasteiger partial charge is 0.0755 e. The van der Waals surface area contributed by atoms with E-state index in [0.29, 0.717) is 0 Å². The fraction of sp³-hybridized carbons (Fsp3) is 0. The Hall–Kier alpha value is -2.06. The standard InChI is InChI=1S/C15H11ClN2/c16-14-9-5-4-8-13(14)15-10-11-17-18(15)12-6-2-1-3-7-12/h1-11H. The zero-order valence-electron chi connectivity index (χ0n) is 9.62. The summed E-state index contributed by atoms with van der Waals surface area (Å²) in [6, 6.07) is 19.8. The van der Waals surface area contributed by atoms with E-state index in [1.807, 2.05) is 65.3 Å². The quantitative estimate of drug-likeness (QED) is 0.670. The van der Waals surface area contributed by atoms with Crippen molar-refractivity contribution in [3.63, 3.8) is 0 Å². The summed E-state index contributed by atoms with van der Waals surface area (Å²) in [5, 5.41) is 5.09. The van der Waals surface area contributed by atoms with Gasteiger partial charge in [0.25, 0.3) is 0 Å². The molecule has 0 bridgehead atoms. The summed E-state index contributed by atoms with van der Waals surface area (Å²) in [6.07, 6.45) is 1.78. The molecule has 3 aromatic rings. The number of hydrogen-bond acceptors (Lipinski definition) is 1. The summed E-state index contributed by atoms with van der Waals surface area (Å²) < 4.78 is 1.89. The van der Waals surface area contributed by atoms with Gasteiger partial charge in [-0.2, -0.15) is 5.10 Å². The zero-order chi connectivity index (χ0) is 12.4. The van der Waals surface area contributed by atoms with Crippen LogP contribution >= 0.6 is 11.6 Å². The van der Waals surface area contributed by atoms with E-state index in [9.17, 15) is 0 Å². The maximum Gasteiger partial charge on any atom is 0.0755 e. The van der Waals surface area contributed by atoms with Crippen LogP contribution in [0.3, 0.4) is 0 Å². The Morgan fingerprint density at radius 2 is 1.56 bits per heavy atom. The minimum Gasteiger partial charge on any atom is -0.233 e. The number of rotatable bonds is 2. The zero-order valence-corrected chi connectivity index (χ0v) is 10.4. The molecular weight excluding hydrogens is 244 g/mol. The molecule has 1 heterocycles. The molecule has 0 amide bonds. The maximum absolute atomic E-state index is 6.23. The van der Waals surface area contributed by atoms with E-state index in [1.165, 1.54) is 0 Å². The third-order valence-electron chi connectivity index (χ3n) is 2.79. The summed E-state index contributed by atoms with van der Waals surface area (Å²) in [7, 11) is 0. The van der Waals surface area contributed by atoms with Gasteiger partial charge in [-0.3, -0.25) is 0 Å². The molecule has 88 valence electrons. The lowest BCUT2D eigenvalue weighted by Crippen LogP contribution is -1.98. The summed E-state index contributed by atoms with van der Waals surface area (Å²) in [4.78, 5) is 0. The highest BCUT2D eigenvalue weighted by Crippen LogP contribution is 2.28. The summed E-state index contributed by atoms with van der Waals surface area (Å²) >= 11 is 6.23. The van der Waals surface area contributed by atoms with Gasteiger partial charge in [0, 0.05) is 10.6 Å². The molecule has 0 aliphatic heterocycles. The lowest BCUT2D eigenvalue weighted by Gasteiger charge is -2.08. The van der Waals surface area contributed by atoms with E-state index < -0.39 is 0 Å². The van der Waals surface area contributed by atoms with E-state index >= 15 is 0 Å². The minimum atomic E-state index is 0.732. The second-order valence-corrected chi connectivity index (χ2v) is 4.35. The van der Waals surface area contributed by atoms with Crippen molar-refractivity contribution < 1.29 is 0 Å². The van der Waals surface area contributed by atoms with Crippen molar-refractivity contribution in [3.8, 4) is 16.9 Å². The lowest BCUT2D eigenvalue weighted by atomic mass is 10.1. The highest BCUT2D eigenvalue weighted by atomic mass is 35.5. The SMILES string of the molecule is Clc1ccccc1-c1ccnn1-c1ccccc1. The van der Waals surface area contributed by atoms with Crippen LogP contribution in [0.1, 0.15) is 0 Å². The Kier molecular flexibility index (Phi) is 2.87. The Balaban J connectivity index is 2.16. The van der Waals surface area contributed by atoms with Crippen LogP contribution in [-0.4, -0.2) is 9.78 Å². The van der Waals surface area contributed by atoms with E-state index in [-0.39, 0.29) is 0 Å². The van der Waals surface area contributed by atoms with Gasteiger partial charge in [0.2, 0.25) is 0 Å². The average molecular weight is 255 g/mol. The second kappa shape index (κ2) is 4.67. The van der Waals surface area contributed by atoms with Gasteiger partial charge in [-0.1, -0.05) is 48.0 Å².